The second-order valence-corrected chi connectivity index (χ2v) is 10.5. The van der Waals surface area contributed by atoms with Gasteiger partial charge in [0.05, 0.1) is 30.2 Å². The normalized spacial score (nSPS) is 14.8. The average molecular weight is 513 g/mol. The predicted molar refractivity (Wildman–Crippen MR) is 142 cm³/mol. The SMILES string of the molecule is CCC(O)C(NC(=O)Cc1cccc(-c2ccccn2)c1)NC(=O)[C@@H](N)[C@@H](C(=O)OC(C)(C)C)C(C)C. The number of pyridine rings is 1. The molecule has 0 bridgehead atoms. The minimum atomic E-state index is -1.23. The van der Waals surface area contributed by atoms with Crippen LogP contribution in [-0.4, -0.2) is 51.8 Å². The maximum atomic E-state index is 13.0. The number of hydrogen-bond acceptors (Lipinski definition) is 7. The highest BCUT2D eigenvalue weighted by atomic mass is 16.6. The maximum absolute atomic E-state index is 13.0. The van der Waals surface area contributed by atoms with E-state index < -0.39 is 47.6 Å². The molecule has 5 N–H and O–H groups in total. The summed E-state index contributed by atoms with van der Waals surface area (Å²) in [6.07, 6.45) is -0.136. The van der Waals surface area contributed by atoms with Crippen LogP contribution in [0.3, 0.4) is 0 Å². The molecule has 1 aromatic heterocycles. The number of carbonyl (C=O) groups excluding carboxylic acids is 3. The van der Waals surface area contributed by atoms with Crippen LogP contribution in [0.1, 0.15) is 53.5 Å². The highest BCUT2D eigenvalue weighted by Crippen LogP contribution is 2.21. The summed E-state index contributed by atoms with van der Waals surface area (Å²) in [5.74, 6) is -2.80. The molecule has 0 spiro atoms. The molecule has 37 heavy (non-hydrogen) atoms. The van der Waals surface area contributed by atoms with E-state index in [1.165, 1.54) is 0 Å². The monoisotopic (exact) mass is 512 g/mol. The Balaban J connectivity index is 2.11. The molecule has 0 aliphatic carbocycles. The van der Waals surface area contributed by atoms with Crippen LogP contribution in [0, 0.1) is 11.8 Å². The second kappa shape index (κ2) is 13.3. The van der Waals surface area contributed by atoms with Crippen LogP contribution in [0.5, 0.6) is 0 Å². The molecule has 0 saturated heterocycles. The summed E-state index contributed by atoms with van der Waals surface area (Å²) in [6, 6.07) is 11.8. The lowest BCUT2D eigenvalue weighted by Gasteiger charge is -2.31. The van der Waals surface area contributed by atoms with E-state index in [2.05, 4.69) is 15.6 Å². The van der Waals surface area contributed by atoms with Crippen molar-refractivity contribution in [2.75, 3.05) is 0 Å². The summed E-state index contributed by atoms with van der Waals surface area (Å²) >= 11 is 0. The molecule has 1 aromatic carbocycles. The van der Waals surface area contributed by atoms with Crippen LogP contribution in [-0.2, 0) is 25.5 Å². The summed E-state index contributed by atoms with van der Waals surface area (Å²) in [4.78, 5) is 42.9. The number of rotatable bonds is 11. The Labute approximate surface area is 219 Å². The maximum Gasteiger partial charge on any atom is 0.311 e. The molecule has 9 heteroatoms. The van der Waals surface area contributed by atoms with Gasteiger partial charge in [0.15, 0.2) is 0 Å². The minimum absolute atomic E-state index is 0.0298. The van der Waals surface area contributed by atoms with Gasteiger partial charge >= 0.3 is 5.97 Å². The van der Waals surface area contributed by atoms with E-state index in [0.29, 0.717) is 0 Å². The standard InChI is InChI=1S/C28H40N4O5/c1-7-21(33)25(32-26(35)24(29)23(17(2)3)27(36)37-28(4,5)6)31-22(34)16-18-11-10-12-19(15-18)20-13-8-9-14-30-20/h8-15,17,21,23-25,33H,7,16,29H2,1-6H3,(H,31,34)(H,32,35)/t21?,23-,24-,25?/m0/s1. The number of aliphatic hydroxyl groups excluding tert-OH is 1. The van der Waals surface area contributed by atoms with Crippen LogP contribution >= 0.6 is 0 Å². The van der Waals surface area contributed by atoms with Gasteiger partial charge in [-0.1, -0.05) is 45.0 Å². The number of amides is 2. The quantitative estimate of drug-likeness (QED) is 0.268. The van der Waals surface area contributed by atoms with Gasteiger partial charge in [0.1, 0.15) is 11.8 Å². The fourth-order valence-electron chi connectivity index (χ4n) is 3.86. The molecular weight excluding hydrogens is 472 g/mol. The predicted octanol–water partition coefficient (Wildman–Crippen LogP) is 2.56. The molecule has 0 radical (unpaired) electrons. The van der Waals surface area contributed by atoms with Crippen molar-refractivity contribution in [1.82, 2.24) is 15.6 Å². The number of ether oxygens (including phenoxy) is 1. The number of nitrogens with two attached hydrogens (primary N) is 1. The van der Waals surface area contributed by atoms with Gasteiger partial charge in [-0.15, -0.1) is 0 Å². The van der Waals surface area contributed by atoms with Crippen molar-refractivity contribution in [3.63, 3.8) is 0 Å². The summed E-state index contributed by atoms with van der Waals surface area (Å²) in [6.45, 7) is 10.5. The van der Waals surface area contributed by atoms with Gasteiger partial charge in [-0.25, -0.2) is 0 Å². The third kappa shape index (κ3) is 9.26. The Morgan fingerprint density at radius 3 is 2.35 bits per heavy atom. The van der Waals surface area contributed by atoms with Crippen molar-refractivity contribution in [2.45, 2.75) is 78.3 Å². The molecule has 0 aliphatic heterocycles. The highest BCUT2D eigenvalue weighted by molar-refractivity contribution is 5.89. The van der Waals surface area contributed by atoms with Gasteiger partial charge in [-0.2, -0.15) is 0 Å². The zero-order chi connectivity index (χ0) is 27.8. The van der Waals surface area contributed by atoms with Crippen molar-refractivity contribution in [3.8, 4) is 11.3 Å². The fraction of sp³-hybridized carbons (Fsp3) is 0.500. The average Bonchev–Trinajstić information content (AvgIpc) is 2.82. The molecule has 0 fully saturated rings. The third-order valence-corrected chi connectivity index (χ3v) is 5.76. The van der Waals surface area contributed by atoms with E-state index in [9.17, 15) is 19.5 Å². The zero-order valence-electron chi connectivity index (χ0n) is 22.5. The Hall–Kier alpha value is -3.30. The van der Waals surface area contributed by atoms with E-state index in [4.69, 9.17) is 10.5 Å². The third-order valence-electron chi connectivity index (χ3n) is 5.76. The molecule has 202 valence electrons. The van der Waals surface area contributed by atoms with Crippen molar-refractivity contribution in [1.29, 1.82) is 0 Å². The van der Waals surface area contributed by atoms with Gasteiger partial charge < -0.3 is 26.2 Å². The molecule has 0 aliphatic rings. The molecule has 1 heterocycles. The van der Waals surface area contributed by atoms with Crippen LogP contribution in [0.2, 0.25) is 0 Å². The highest BCUT2D eigenvalue weighted by Gasteiger charge is 2.37. The van der Waals surface area contributed by atoms with Gasteiger partial charge in [0, 0.05) is 11.8 Å². The molecule has 2 aromatic rings. The number of carbonyl (C=O) groups is 3. The molecule has 9 nitrogen and oxygen atoms in total. The summed E-state index contributed by atoms with van der Waals surface area (Å²) in [5, 5.41) is 15.8. The Bertz CT molecular complexity index is 1050. The van der Waals surface area contributed by atoms with E-state index in [1.54, 1.807) is 47.7 Å². The van der Waals surface area contributed by atoms with Crippen LogP contribution in [0.4, 0.5) is 0 Å². The van der Waals surface area contributed by atoms with Gasteiger partial charge in [-0.05, 0) is 56.9 Å². The number of esters is 1. The fourth-order valence-corrected chi connectivity index (χ4v) is 3.86. The Kier molecular flexibility index (Phi) is 10.8. The number of aromatic nitrogens is 1. The molecule has 2 amide bonds. The zero-order valence-corrected chi connectivity index (χ0v) is 22.5. The second-order valence-electron chi connectivity index (χ2n) is 10.5. The number of aliphatic hydroxyl groups is 1. The van der Waals surface area contributed by atoms with Gasteiger partial charge in [0.2, 0.25) is 11.8 Å². The van der Waals surface area contributed by atoms with Crippen LogP contribution < -0.4 is 16.4 Å². The van der Waals surface area contributed by atoms with Crippen LogP contribution in [0.25, 0.3) is 11.3 Å². The van der Waals surface area contributed by atoms with Crippen molar-refractivity contribution >= 4 is 17.8 Å². The lowest BCUT2D eigenvalue weighted by molar-refractivity contribution is -0.164. The summed E-state index contributed by atoms with van der Waals surface area (Å²) < 4.78 is 5.46. The first-order chi connectivity index (χ1) is 17.3. The molecule has 2 unspecified atom stereocenters. The number of nitrogens with zero attached hydrogens (tertiary/aromatic N) is 1. The van der Waals surface area contributed by atoms with E-state index in [1.807, 2.05) is 42.5 Å². The van der Waals surface area contributed by atoms with Gasteiger partial charge in [-0.3, -0.25) is 19.4 Å². The van der Waals surface area contributed by atoms with E-state index in [0.717, 1.165) is 16.8 Å². The molecule has 0 saturated carbocycles. The lowest BCUT2D eigenvalue weighted by atomic mass is 9.88. The van der Waals surface area contributed by atoms with Crippen molar-refractivity contribution < 1.29 is 24.2 Å². The first kappa shape index (κ1) is 29.9. The van der Waals surface area contributed by atoms with Gasteiger partial charge in [0.25, 0.3) is 0 Å². The molecule has 2 rings (SSSR count). The lowest BCUT2D eigenvalue weighted by Crippen LogP contribution is -2.60. The van der Waals surface area contributed by atoms with Crippen molar-refractivity contribution in [2.24, 2.45) is 17.6 Å². The number of hydrogen-bond donors (Lipinski definition) is 4. The summed E-state index contributed by atoms with van der Waals surface area (Å²) in [5.41, 5.74) is 7.86. The number of nitrogens with one attached hydrogen (secondary N) is 2. The smallest absolute Gasteiger partial charge is 0.311 e. The Morgan fingerprint density at radius 2 is 1.78 bits per heavy atom. The van der Waals surface area contributed by atoms with E-state index in [-0.39, 0.29) is 18.8 Å². The first-order valence-corrected chi connectivity index (χ1v) is 12.6. The van der Waals surface area contributed by atoms with Crippen LogP contribution in [0.15, 0.2) is 48.7 Å². The first-order valence-electron chi connectivity index (χ1n) is 12.6. The molecular formula is C28H40N4O5. The van der Waals surface area contributed by atoms with E-state index >= 15 is 0 Å². The van der Waals surface area contributed by atoms with Crippen molar-refractivity contribution in [3.05, 3.63) is 54.2 Å². The Morgan fingerprint density at radius 1 is 1.08 bits per heavy atom. The number of benzene rings is 1. The minimum Gasteiger partial charge on any atom is -0.460 e. The molecule has 4 atom stereocenters. The largest absolute Gasteiger partial charge is 0.460 e. The topological polar surface area (TPSA) is 144 Å². The summed E-state index contributed by atoms with van der Waals surface area (Å²) in [7, 11) is 0.